The number of carbonyl (C=O) groups is 2. The van der Waals surface area contributed by atoms with Crippen molar-refractivity contribution in [2.45, 2.75) is 4.34 Å². The molecule has 0 aliphatic heterocycles. The first kappa shape index (κ1) is 23.8. The second kappa shape index (κ2) is 9.90. The summed E-state index contributed by atoms with van der Waals surface area (Å²) in [6.45, 7) is 0. The Morgan fingerprint density at radius 3 is 2.29 bits per heavy atom. The van der Waals surface area contributed by atoms with Crippen molar-refractivity contribution in [2.75, 3.05) is 10.0 Å². The predicted molar refractivity (Wildman–Crippen MR) is 131 cm³/mol. The Kier molecular flexibility index (Phi) is 6.94. The molecule has 172 valence electrons. The Morgan fingerprint density at radius 1 is 0.853 bits per heavy atom. The summed E-state index contributed by atoms with van der Waals surface area (Å²) in [4.78, 5) is 25.3. The van der Waals surface area contributed by atoms with Crippen LogP contribution in [0.3, 0.4) is 0 Å². The lowest BCUT2D eigenvalue weighted by Gasteiger charge is -2.10. The van der Waals surface area contributed by atoms with Crippen LogP contribution in [0.15, 0.2) is 77.1 Å². The van der Waals surface area contributed by atoms with E-state index in [0.717, 1.165) is 0 Å². The average Bonchev–Trinajstić information content (AvgIpc) is 3.29. The van der Waals surface area contributed by atoms with Crippen molar-refractivity contribution in [1.82, 2.24) is 10.2 Å². The first-order chi connectivity index (χ1) is 16.2. The van der Waals surface area contributed by atoms with Crippen LogP contribution in [0.25, 0.3) is 0 Å². The third-order valence-corrected chi connectivity index (χ3v) is 7.60. The number of benzene rings is 3. The quantitative estimate of drug-likeness (QED) is 0.251. The lowest BCUT2D eigenvalue weighted by atomic mass is 10.0. The molecule has 0 aliphatic rings. The van der Waals surface area contributed by atoms with Crippen molar-refractivity contribution in [1.29, 1.82) is 0 Å². The molecule has 0 spiro atoms. The highest BCUT2D eigenvalue weighted by atomic mass is 35.5. The summed E-state index contributed by atoms with van der Waals surface area (Å²) in [5.41, 5.74) is 0.811. The van der Waals surface area contributed by atoms with Gasteiger partial charge in [0.15, 0.2) is 5.78 Å². The molecule has 1 amide bonds. The number of hydrogen-bond acceptors (Lipinski definition) is 7. The van der Waals surface area contributed by atoms with Crippen LogP contribution in [0.2, 0.25) is 10.0 Å². The lowest BCUT2D eigenvalue weighted by Crippen LogP contribution is -2.15. The molecule has 0 aliphatic carbocycles. The molecule has 0 unspecified atom stereocenters. The van der Waals surface area contributed by atoms with Gasteiger partial charge >= 0.3 is 0 Å². The van der Waals surface area contributed by atoms with E-state index in [1.807, 2.05) is 0 Å². The molecule has 4 rings (SSSR count). The van der Waals surface area contributed by atoms with Gasteiger partial charge in [0.05, 0.1) is 16.3 Å². The van der Waals surface area contributed by atoms with Crippen molar-refractivity contribution in [3.63, 3.8) is 0 Å². The third-order valence-electron chi connectivity index (χ3n) is 4.48. The van der Waals surface area contributed by atoms with E-state index < -0.39 is 20.3 Å². The minimum absolute atomic E-state index is 0.0509. The summed E-state index contributed by atoms with van der Waals surface area (Å²) in [5, 5.41) is 10.3. The van der Waals surface area contributed by atoms with Gasteiger partial charge in [0.2, 0.25) is 5.13 Å². The van der Waals surface area contributed by atoms with Gasteiger partial charge in [0, 0.05) is 16.1 Å². The van der Waals surface area contributed by atoms with Crippen LogP contribution in [0.5, 0.6) is 0 Å². The van der Waals surface area contributed by atoms with Gasteiger partial charge in [-0.3, -0.25) is 19.6 Å². The van der Waals surface area contributed by atoms with Gasteiger partial charge < -0.3 is 0 Å². The Morgan fingerprint density at radius 2 is 1.56 bits per heavy atom. The van der Waals surface area contributed by atoms with Crippen molar-refractivity contribution >= 4 is 67.1 Å². The number of nitrogens with zero attached hydrogens (tertiary/aromatic N) is 2. The summed E-state index contributed by atoms with van der Waals surface area (Å²) in [6, 6.07) is 19.1. The Labute approximate surface area is 208 Å². The van der Waals surface area contributed by atoms with E-state index in [9.17, 15) is 18.0 Å². The van der Waals surface area contributed by atoms with Gasteiger partial charge in [-0.15, -0.1) is 10.2 Å². The van der Waals surface area contributed by atoms with E-state index in [1.165, 1.54) is 30.3 Å². The minimum Gasteiger partial charge on any atom is -0.296 e. The van der Waals surface area contributed by atoms with Gasteiger partial charge in [0.1, 0.15) is 0 Å². The maximum absolute atomic E-state index is 12.9. The molecule has 8 nitrogen and oxygen atoms in total. The molecule has 0 fully saturated rings. The fraction of sp³-hybridized carbons (Fsp3) is 0. The number of carbonyl (C=O) groups excluding carboxylic acids is 2. The third kappa shape index (κ3) is 5.26. The van der Waals surface area contributed by atoms with Crippen LogP contribution in [0.4, 0.5) is 10.8 Å². The van der Waals surface area contributed by atoms with Gasteiger partial charge in [-0.05, 0) is 30.3 Å². The van der Waals surface area contributed by atoms with Crippen molar-refractivity contribution in [3.8, 4) is 0 Å². The first-order valence-electron chi connectivity index (χ1n) is 9.56. The van der Waals surface area contributed by atoms with Crippen LogP contribution >= 0.6 is 34.5 Å². The van der Waals surface area contributed by atoms with E-state index in [2.05, 4.69) is 20.2 Å². The number of para-hydroxylation sites is 1. The fourth-order valence-electron chi connectivity index (χ4n) is 2.91. The van der Waals surface area contributed by atoms with E-state index in [1.54, 1.807) is 42.5 Å². The Balaban J connectivity index is 1.54. The number of sulfonamides is 1. The van der Waals surface area contributed by atoms with Crippen LogP contribution in [0.1, 0.15) is 26.3 Å². The summed E-state index contributed by atoms with van der Waals surface area (Å²) in [5.74, 6) is -0.947. The second-order valence-corrected chi connectivity index (χ2v) is 10.5. The molecule has 1 heterocycles. The van der Waals surface area contributed by atoms with E-state index in [0.29, 0.717) is 21.9 Å². The zero-order valence-electron chi connectivity index (χ0n) is 17.0. The van der Waals surface area contributed by atoms with E-state index in [-0.39, 0.29) is 32.8 Å². The molecule has 0 atom stereocenters. The van der Waals surface area contributed by atoms with Crippen molar-refractivity contribution < 1.29 is 18.0 Å². The van der Waals surface area contributed by atoms with Crippen LogP contribution in [-0.4, -0.2) is 30.3 Å². The van der Waals surface area contributed by atoms with Crippen LogP contribution in [-0.2, 0) is 10.0 Å². The average molecular weight is 533 g/mol. The molecule has 3 aromatic carbocycles. The second-order valence-electron chi connectivity index (χ2n) is 6.80. The minimum atomic E-state index is -4.20. The van der Waals surface area contributed by atoms with Gasteiger partial charge in [-0.25, -0.2) is 0 Å². The number of hydrogen-bond donors (Lipinski definition) is 2. The molecular weight excluding hydrogens is 519 g/mol. The van der Waals surface area contributed by atoms with E-state index >= 15 is 0 Å². The largest absolute Gasteiger partial charge is 0.296 e. The summed E-state index contributed by atoms with van der Waals surface area (Å²) < 4.78 is 27.8. The molecule has 12 heteroatoms. The summed E-state index contributed by atoms with van der Waals surface area (Å²) in [7, 11) is -4.20. The summed E-state index contributed by atoms with van der Waals surface area (Å²) >= 11 is 12.5. The molecule has 0 saturated carbocycles. The number of halogens is 2. The van der Waals surface area contributed by atoms with Crippen LogP contribution in [0, 0.1) is 0 Å². The zero-order chi connectivity index (χ0) is 24.3. The van der Waals surface area contributed by atoms with Crippen molar-refractivity contribution in [3.05, 3.63) is 99.5 Å². The van der Waals surface area contributed by atoms with Gasteiger partial charge in [-0.2, -0.15) is 8.42 Å². The van der Waals surface area contributed by atoms with E-state index in [4.69, 9.17) is 23.2 Å². The smallest absolute Gasteiger partial charge is 0.291 e. The van der Waals surface area contributed by atoms with Crippen molar-refractivity contribution in [2.24, 2.45) is 0 Å². The van der Waals surface area contributed by atoms with Crippen LogP contribution < -0.4 is 10.0 Å². The maximum atomic E-state index is 12.9. The molecule has 4 aromatic rings. The lowest BCUT2D eigenvalue weighted by molar-refractivity contribution is 0.102. The zero-order valence-corrected chi connectivity index (χ0v) is 20.2. The number of amides is 1. The Bertz CT molecular complexity index is 1490. The number of nitrogens with one attached hydrogen (secondary N) is 2. The molecule has 2 N–H and O–H groups in total. The normalized spacial score (nSPS) is 11.1. The van der Waals surface area contributed by atoms with Gasteiger partial charge in [0.25, 0.3) is 20.3 Å². The number of anilines is 2. The maximum Gasteiger partial charge on any atom is 0.291 e. The monoisotopic (exact) mass is 532 g/mol. The number of rotatable bonds is 7. The number of aromatic nitrogens is 2. The fourth-order valence-corrected chi connectivity index (χ4v) is 5.38. The van der Waals surface area contributed by atoms with Gasteiger partial charge in [-0.1, -0.05) is 77.0 Å². The molecule has 0 saturated heterocycles. The topological polar surface area (TPSA) is 118 Å². The molecule has 0 bridgehead atoms. The SMILES string of the molecule is O=C(Nc1nnc(S(=O)(=O)Nc2ccccc2C(=O)c2ccccc2)s1)c1ccc(Cl)cc1Cl. The molecule has 34 heavy (non-hydrogen) atoms. The highest BCUT2D eigenvalue weighted by Crippen LogP contribution is 2.27. The molecular formula is C22H14Cl2N4O4S2. The summed E-state index contributed by atoms with van der Waals surface area (Å²) in [6.07, 6.45) is 0. The highest BCUT2D eigenvalue weighted by Gasteiger charge is 2.24. The molecule has 1 aromatic heterocycles. The first-order valence-corrected chi connectivity index (χ1v) is 12.6. The standard InChI is InChI=1S/C22H14Cl2N4O4S2/c23-14-10-11-15(17(24)12-14)20(30)25-21-26-27-22(33-21)34(31,32)28-18-9-5-4-8-16(18)19(29)13-6-2-1-3-7-13/h1-12,28H,(H,25,26,30). The Hall–Kier alpha value is -3.31. The number of ketones is 1. The predicted octanol–water partition coefficient (Wildman–Crippen LogP) is 5.13. The highest BCUT2D eigenvalue weighted by molar-refractivity contribution is 7.94. The molecule has 0 radical (unpaired) electrons.